The van der Waals surface area contributed by atoms with Crippen molar-refractivity contribution in [2.24, 2.45) is 0 Å². The van der Waals surface area contributed by atoms with Crippen LogP contribution in [-0.4, -0.2) is 36.4 Å². The number of hydrogen-bond acceptors (Lipinski definition) is 6. The maximum atomic E-state index is 9.44. The quantitative estimate of drug-likeness (QED) is 0.830. The zero-order valence-corrected chi connectivity index (χ0v) is 10.2. The van der Waals surface area contributed by atoms with E-state index in [1.807, 2.05) is 0 Å². The van der Waals surface area contributed by atoms with Gasteiger partial charge in [0.15, 0.2) is 5.82 Å². The van der Waals surface area contributed by atoms with Crippen LogP contribution in [0.1, 0.15) is 36.9 Å². The van der Waals surface area contributed by atoms with E-state index in [4.69, 9.17) is 9.26 Å². The molecule has 2 fully saturated rings. The van der Waals surface area contributed by atoms with Crippen LogP contribution in [0.25, 0.3) is 0 Å². The minimum atomic E-state index is -0.601. The van der Waals surface area contributed by atoms with Gasteiger partial charge in [-0.2, -0.15) is 10.2 Å². The van der Waals surface area contributed by atoms with Gasteiger partial charge in [0.2, 0.25) is 5.89 Å². The second-order valence-electron chi connectivity index (χ2n) is 4.96. The van der Waals surface area contributed by atoms with Crippen LogP contribution in [0.15, 0.2) is 4.52 Å². The first-order valence-corrected chi connectivity index (χ1v) is 6.38. The van der Waals surface area contributed by atoms with Gasteiger partial charge in [-0.3, -0.25) is 0 Å². The van der Waals surface area contributed by atoms with Crippen molar-refractivity contribution in [2.45, 2.75) is 30.6 Å². The molecule has 1 unspecified atom stereocenters. The molecule has 0 radical (unpaired) electrons. The molecule has 2 saturated heterocycles. The first kappa shape index (κ1) is 11.6. The Morgan fingerprint density at radius 3 is 2.89 bits per heavy atom. The van der Waals surface area contributed by atoms with Crippen LogP contribution < -0.4 is 5.32 Å². The van der Waals surface area contributed by atoms with Crippen LogP contribution in [0.5, 0.6) is 0 Å². The van der Waals surface area contributed by atoms with Gasteiger partial charge in [-0.05, 0) is 32.4 Å². The Hall–Kier alpha value is -1.45. The molecule has 0 aromatic carbocycles. The van der Waals surface area contributed by atoms with Crippen molar-refractivity contribution in [3.63, 3.8) is 0 Å². The first-order chi connectivity index (χ1) is 8.84. The smallest absolute Gasteiger partial charge is 0.247 e. The number of nitrogens with one attached hydrogen (secondary N) is 1. The van der Waals surface area contributed by atoms with Gasteiger partial charge in [-0.25, -0.2) is 0 Å². The molecule has 3 heterocycles. The fourth-order valence-electron chi connectivity index (χ4n) is 2.56. The van der Waals surface area contributed by atoms with Crippen LogP contribution in [0.3, 0.4) is 0 Å². The zero-order chi connectivity index (χ0) is 12.4. The van der Waals surface area contributed by atoms with Crippen molar-refractivity contribution >= 4 is 0 Å². The summed E-state index contributed by atoms with van der Waals surface area (Å²) in [5, 5.41) is 16.7. The number of rotatable bonds is 2. The second kappa shape index (κ2) is 4.67. The standard InChI is InChI=1S/C12H16N4O2/c13-8-12(2-4-14-5-3-12)11-15-10(16-18-11)9-1-6-17-7-9/h9,14H,1-7H2. The highest BCUT2D eigenvalue weighted by Gasteiger charge is 2.40. The van der Waals surface area contributed by atoms with E-state index in [0.717, 1.165) is 39.0 Å². The summed E-state index contributed by atoms with van der Waals surface area (Å²) >= 11 is 0. The second-order valence-corrected chi connectivity index (χ2v) is 4.96. The molecular formula is C12H16N4O2. The van der Waals surface area contributed by atoms with Crippen molar-refractivity contribution in [3.8, 4) is 6.07 Å². The van der Waals surface area contributed by atoms with Crippen molar-refractivity contribution in [1.29, 1.82) is 5.26 Å². The lowest BCUT2D eigenvalue weighted by Gasteiger charge is -2.27. The minimum Gasteiger partial charge on any atom is -0.381 e. The molecule has 0 aliphatic carbocycles. The van der Waals surface area contributed by atoms with Crippen molar-refractivity contribution in [3.05, 3.63) is 11.7 Å². The monoisotopic (exact) mass is 248 g/mol. The summed E-state index contributed by atoms with van der Waals surface area (Å²) < 4.78 is 10.7. The predicted molar refractivity (Wildman–Crippen MR) is 61.9 cm³/mol. The van der Waals surface area contributed by atoms with Crippen LogP contribution in [0.4, 0.5) is 0 Å². The Balaban J connectivity index is 1.85. The Kier molecular flexibility index (Phi) is 3.02. The van der Waals surface area contributed by atoms with Crippen molar-refractivity contribution in [2.75, 3.05) is 26.3 Å². The average Bonchev–Trinajstić information content (AvgIpc) is 3.10. The molecule has 0 saturated carbocycles. The molecule has 1 atom stereocenters. The lowest BCUT2D eigenvalue weighted by atomic mass is 9.80. The van der Waals surface area contributed by atoms with Crippen LogP contribution in [0.2, 0.25) is 0 Å². The summed E-state index contributed by atoms with van der Waals surface area (Å²) in [4.78, 5) is 4.45. The molecule has 96 valence electrons. The van der Waals surface area contributed by atoms with Crippen LogP contribution >= 0.6 is 0 Å². The molecule has 6 nitrogen and oxygen atoms in total. The van der Waals surface area contributed by atoms with E-state index in [9.17, 15) is 5.26 Å². The molecule has 6 heteroatoms. The summed E-state index contributed by atoms with van der Waals surface area (Å²) in [5.41, 5.74) is -0.601. The molecule has 0 spiro atoms. The number of nitriles is 1. The SMILES string of the molecule is N#CC1(c2nc(C3CCOC3)no2)CCNCC1. The highest BCUT2D eigenvalue weighted by atomic mass is 16.5. The Labute approximate surface area is 105 Å². The van der Waals surface area contributed by atoms with Gasteiger partial charge >= 0.3 is 0 Å². The maximum Gasteiger partial charge on any atom is 0.247 e. The molecular weight excluding hydrogens is 232 g/mol. The Morgan fingerprint density at radius 1 is 1.39 bits per heavy atom. The predicted octanol–water partition coefficient (Wildman–Crippen LogP) is 0.718. The minimum absolute atomic E-state index is 0.222. The largest absolute Gasteiger partial charge is 0.381 e. The highest BCUT2D eigenvalue weighted by molar-refractivity contribution is 5.20. The molecule has 18 heavy (non-hydrogen) atoms. The van der Waals surface area contributed by atoms with Gasteiger partial charge in [-0.1, -0.05) is 5.16 Å². The van der Waals surface area contributed by atoms with Gasteiger partial charge < -0.3 is 14.6 Å². The third-order valence-corrected chi connectivity index (χ3v) is 3.82. The number of ether oxygens (including phenoxy) is 1. The van der Waals surface area contributed by atoms with E-state index in [0.29, 0.717) is 18.3 Å². The molecule has 0 bridgehead atoms. The normalized spacial score (nSPS) is 26.9. The van der Waals surface area contributed by atoms with E-state index in [-0.39, 0.29) is 5.92 Å². The summed E-state index contributed by atoms with van der Waals surface area (Å²) in [5.74, 6) is 1.39. The van der Waals surface area contributed by atoms with Gasteiger partial charge in [0, 0.05) is 12.5 Å². The van der Waals surface area contributed by atoms with E-state index >= 15 is 0 Å². The summed E-state index contributed by atoms with van der Waals surface area (Å²) in [6.45, 7) is 3.04. The maximum absolute atomic E-state index is 9.44. The summed E-state index contributed by atoms with van der Waals surface area (Å²) in [6.07, 6.45) is 2.39. The fraction of sp³-hybridized carbons (Fsp3) is 0.750. The molecule has 1 aromatic rings. The lowest BCUT2D eigenvalue weighted by molar-refractivity contribution is 0.192. The highest BCUT2D eigenvalue weighted by Crippen LogP contribution is 2.33. The molecule has 1 N–H and O–H groups in total. The number of hydrogen-bond donors (Lipinski definition) is 1. The molecule has 2 aliphatic heterocycles. The third kappa shape index (κ3) is 1.89. The first-order valence-electron chi connectivity index (χ1n) is 6.38. The summed E-state index contributed by atoms with van der Waals surface area (Å²) in [7, 11) is 0. The Morgan fingerprint density at radius 2 is 2.22 bits per heavy atom. The number of piperidine rings is 1. The molecule has 0 amide bonds. The van der Waals surface area contributed by atoms with Gasteiger partial charge in [-0.15, -0.1) is 0 Å². The van der Waals surface area contributed by atoms with E-state index in [1.54, 1.807) is 0 Å². The molecule has 1 aromatic heterocycles. The molecule has 3 rings (SSSR count). The fourth-order valence-corrected chi connectivity index (χ4v) is 2.56. The van der Waals surface area contributed by atoms with E-state index < -0.39 is 5.41 Å². The van der Waals surface area contributed by atoms with E-state index in [1.165, 1.54) is 0 Å². The topological polar surface area (TPSA) is 84.0 Å². The van der Waals surface area contributed by atoms with Gasteiger partial charge in [0.25, 0.3) is 0 Å². The number of aromatic nitrogens is 2. The van der Waals surface area contributed by atoms with Crippen molar-refractivity contribution in [1.82, 2.24) is 15.5 Å². The van der Waals surface area contributed by atoms with Crippen LogP contribution in [0, 0.1) is 11.3 Å². The van der Waals surface area contributed by atoms with Crippen molar-refractivity contribution < 1.29 is 9.26 Å². The van der Waals surface area contributed by atoms with Gasteiger partial charge in [0.05, 0.1) is 12.7 Å². The average molecular weight is 248 g/mol. The lowest BCUT2D eigenvalue weighted by Crippen LogP contribution is -2.39. The number of nitrogens with zero attached hydrogens (tertiary/aromatic N) is 3. The Bertz CT molecular complexity index is 453. The van der Waals surface area contributed by atoms with Gasteiger partial charge in [0.1, 0.15) is 5.41 Å². The molecule has 2 aliphatic rings. The zero-order valence-electron chi connectivity index (χ0n) is 10.2. The van der Waals surface area contributed by atoms with Crippen LogP contribution in [-0.2, 0) is 10.2 Å². The summed E-state index contributed by atoms with van der Waals surface area (Å²) in [6, 6.07) is 2.37. The van der Waals surface area contributed by atoms with E-state index in [2.05, 4.69) is 21.5 Å². The third-order valence-electron chi connectivity index (χ3n) is 3.82.